The average molecular weight is 649 g/mol. The van der Waals surface area contributed by atoms with Crippen molar-refractivity contribution in [1.82, 2.24) is 0 Å². The van der Waals surface area contributed by atoms with Crippen molar-refractivity contribution >= 4 is 5.97 Å². The van der Waals surface area contributed by atoms with E-state index >= 15 is 0 Å². The van der Waals surface area contributed by atoms with E-state index in [1.807, 2.05) is 0 Å². The maximum atomic E-state index is 11.7. The molecule has 0 saturated heterocycles. The van der Waals surface area contributed by atoms with Gasteiger partial charge in [-0.15, -0.1) is 0 Å². The van der Waals surface area contributed by atoms with Crippen molar-refractivity contribution in [2.24, 2.45) is 11.8 Å². The van der Waals surface area contributed by atoms with Crippen LogP contribution in [0.4, 0.5) is 0 Å². The van der Waals surface area contributed by atoms with Crippen LogP contribution >= 0.6 is 0 Å². The number of hydrogen-bond donors (Lipinski definition) is 1. The van der Waals surface area contributed by atoms with Crippen LogP contribution in [0.25, 0.3) is 0 Å². The van der Waals surface area contributed by atoms with Crippen LogP contribution < -0.4 is 0 Å². The summed E-state index contributed by atoms with van der Waals surface area (Å²) in [6, 6.07) is 0. The molecule has 0 aliphatic rings. The zero-order valence-electron chi connectivity index (χ0n) is 32.4. The molecule has 1 unspecified atom stereocenters. The number of carboxylic acids is 1. The van der Waals surface area contributed by atoms with E-state index in [4.69, 9.17) is 0 Å². The van der Waals surface area contributed by atoms with Crippen molar-refractivity contribution in [2.75, 3.05) is 0 Å². The number of unbranched alkanes of at least 4 members (excludes halogenated alkanes) is 33. The van der Waals surface area contributed by atoms with Crippen molar-refractivity contribution in [3.05, 3.63) is 0 Å². The molecule has 0 amide bonds. The minimum atomic E-state index is -0.553. The molecule has 1 atom stereocenters. The monoisotopic (exact) mass is 649 g/mol. The smallest absolute Gasteiger partial charge is 0.306 e. The first-order valence-electron chi connectivity index (χ1n) is 21.8. The molecule has 0 aliphatic carbocycles. The second kappa shape index (κ2) is 38.9. The molecular formula is C44H88O2. The average Bonchev–Trinajstić information content (AvgIpc) is 3.03. The van der Waals surface area contributed by atoms with Crippen LogP contribution in [-0.2, 0) is 4.79 Å². The Morgan fingerprint density at radius 1 is 0.348 bits per heavy atom. The van der Waals surface area contributed by atoms with E-state index in [2.05, 4.69) is 20.8 Å². The fourth-order valence-corrected chi connectivity index (χ4v) is 7.28. The van der Waals surface area contributed by atoms with Gasteiger partial charge in [0.05, 0.1) is 5.92 Å². The Labute approximate surface area is 291 Å². The lowest BCUT2D eigenvalue weighted by atomic mass is 9.94. The van der Waals surface area contributed by atoms with Crippen molar-refractivity contribution in [3.63, 3.8) is 0 Å². The van der Waals surface area contributed by atoms with E-state index in [0.717, 1.165) is 31.6 Å². The zero-order valence-corrected chi connectivity index (χ0v) is 32.4. The molecule has 0 rings (SSSR count). The molecular weight excluding hydrogens is 560 g/mol. The van der Waals surface area contributed by atoms with Gasteiger partial charge >= 0.3 is 5.97 Å². The van der Waals surface area contributed by atoms with Gasteiger partial charge in [0.2, 0.25) is 0 Å². The van der Waals surface area contributed by atoms with Crippen molar-refractivity contribution in [2.45, 2.75) is 265 Å². The molecule has 0 heterocycles. The van der Waals surface area contributed by atoms with Gasteiger partial charge in [-0.05, 0) is 18.8 Å². The number of carbonyl (C=O) groups is 1. The van der Waals surface area contributed by atoms with Gasteiger partial charge in [0.1, 0.15) is 0 Å². The van der Waals surface area contributed by atoms with Crippen LogP contribution in [0.3, 0.4) is 0 Å². The first-order chi connectivity index (χ1) is 22.6. The van der Waals surface area contributed by atoms with E-state index in [1.165, 1.54) is 218 Å². The molecule has 0 bridgehead atoms. The molecule has 46 heavy (non-hydrogen) atoms. The summed E-state index contributed by atoms with van der Waals surface area (Å²) in [5.74, 6) is 0.205. The Kier molecular flexibility index (Phi) is 38.5. The second-order valence-corrected chi connectivity index (χ2v) is 15.8. The van der Waals surface area contributed by atoms with Gasteiger partial charge < -0.3 is 5.11 Å². The molecule has 0 aromatic heterocycles. The highest BCUT2D eigenvalue weighted by Gasteiger charge is 2.16. The molecule has 0 fully saturated rings. The summed E-state index contributed by atoms with van der Waals surface area (Å²) in [5.41, 5.74) is 0. The van der Waals surface area contributed by atoms with Gasteiger partial charge in [0.15, 0.2) is 0 Å². The Morgan fingerprint density at radius 3 is 0.739 bits per heavy atom. The highest BCUT2D eigenvalue weighted by atomic mass is 16.4. The van der Waals surface area contributed by atoms with E-state index in [-0.39, 0.29) is 5.92 Å². The molecule has 2 nitrogen and oxygen atoms in total. The molecule has 0 aromatic rings. The molecule has 0 spiro atoms. The first kappa shape index (κ1) is 45.5. The summed E-state index contributed by atoms with van der Waals surface area (Å²) < 4.78 is 0. The molecule has 2 heteroatoms. The van der Waals surface area contributed by atoms with E-state index < -0.39 is 5.97 Å². The standard InChI is InChI=1S/C44H88O2/c1-4-5-6-7-8-9-10-11-12-13-14-15-16-17-18-19-20-21-22-25-28-31-34-37-40-43(44(45)46)41-38-35-32-29-26-23-24-27-30-33-36-39-42(2)3/h42-43H,4-41H2,1-3H3,(H,45,46). The van der Waals surface area contributed by atoms with Gasteiger partial charge in [-0.1, -0.05) is 252 Å². The summed E-state index contributed by atoms with van der Waals surface area (Å²) in [7, 11) is 0. The first-order valence-corrected chi connectivity index (χ1v) is 21.8. The van der Waals surface area contributed by atoms with Crippen molar-refractivity contribution in [1.29, 1.82) is 0 Å². The Morgan fingerprint density at radius 2 is 0.543 bits per heavy atom. The normalized spacial score (nSPS) is 12.3. The molecule has 1 N–H and O–H groups in total. The Hall–Kier alpha value is -0.530. The van der Waals surface area contributed by atoms with Crippen LogP contribution in [0.1, 0.15) is 265 Å². The highest BCUT2D eigenvalue weighted by Crippen LogP contribution is 2.21. The van der Waals surface area contributed by atoms with E-state index in [1.54, 1.807) is 0 Å². The van der Waals surface area contributed by atoms with Crippen LogP contribution in [0, 0.1) is 11.8 Å². The van der Waals surface area contributed by atoms with Gasteiger partial charge in [0, 0.05) is 0 Å². The maximum absolute atomic E-state index is 11.7. The third kappa shape index (κ3) is 37.9. The van der Waals surface area contributed by atoms with Crippen LogP contribution in [0.5, 0.6) is 0 Å². The topological polar surface area (TPSA) is 37.3 Å². The highest BCUT2D eigenvalue weighted by molar-refractivity contribution is 5.69. The third-order valence-corrected chi connectivity index (χ3v) is 10.6. The quantitative estimate of drug-likeness (QED) is 0.0671. The SMILES string of the molecule is CCCCCCCCCCCCCCCCCCCCCCCCCCC(CCCCCCCCCCCCCC(C)C)C(=O)O. The lowest BCUT2D eigenvalue weighted by molar-refractivity contribution is -0.142. The van der Waals surface area contributed by atoms with Crippen LogP contribution in [-0.4, -0.2) is 11.1 Å². The number of rotatable bonds is 40. The van der Waals surface area contributed by atoms with Crippen molar-refractivity contribution in [3.8, 4) is 0 Å². The summed E-state index contributed by atoms with van der Waals surface area (Å²) in [6.45, 7) is 6.95. The minimum Gasteiger partial charge on any atom is -0.481 e. The zero-order chi connectivity index (χ0) is 33.6. The second-order valence-electron chi connectivity index (χ2n) is 15.8. The van der Waals surface area contributed by atoms with Gasteiger partial charge in [-0.3, -0.25) is 4.79 Å². The summed E-state index contributed by atoms with van der Waals surface area (Å²) in [6.07, 6.45) is 51.8. The predicted molar refractivity (Wildman–Crippen MR) is 207 cm³/mol. The Balaban J connectivity index is 3.33. The number of aliphatic carboxylic acids is 1. The summed E-state index contributed by atoms with van der Waals surface area (Å²) >= 11 is 0. The summed E-state index contributed by atoms with van der Waals surface area (Å²) in [5, 5.41) is 9.66. The van der Waals surface area contributed by atoms with Crippen LogP contribution in [0.2, 0.25) is 0 Å². The molecule has 0 radical (unpaired) electrons. The lowest BCUT2D eigenvalue weighted by Gasteiger charge is -2.12. The molecule has 0 aliphatic heterocycles. The lowest BCUT2D eigenvalue weighted by Crippen LogP contribution is -2.13. The van der Waals surface area contributed by atoms with E-state index in [0.29, 0.717) is 0 Å². The molecule has 0 saturated carbocycles. The number of carboxylic acid groups (broad SMARTS) is 1. The van der Waals surface area contributed by atoms with E-state index in [9.17, 15) is 9.90 Å². The van der Waals surface area contributed by atoms with Gasteiger partial charge in [-0.2, -0.15) is 0 Å². The van der Waals surface area contributed by atoms with Crippen LogP contribution in [0.15, 0.2) is 0 Å². The molecule has 276 valence electrons. The van der Waals surface area contributed by atoms with Crippen molar-refractivity contribution < 1.29 is 9.90 Å². The fraction of sp³-hybridized carbons (Fsp3) is 0.977. The van der Waals surface area contributed by atoms with Gasteiger partial charge in [0.25, 0.3) is 0 Å². The number of hydrogen-bond acceptors (Lipinski definition) is 1. The third-order valence-electron chi connectivity index (χ3n) is 10.6. The largest absolute Gasteiger partial charge is 0.481 e. The Bertz CT molecular complexity index is 570. The fourth-order valence-electron chi connectivity index (χ4n) is 7.28. The van der Waals surface area contributed by atoms with Gasteiger partial charge in [-0.25, -0.2) is 0 Å². The molecule has 0 aromatic carbocycles. The minimum absolute atomic E-state index is 0.101. The predicted octanol–water partition coefficient (Wildman–Crippen LogP) is 16.2. The summed E-state index contributed by atoms with van der Waals surface area (Å²) in [4.78, 5) is 11.7. The maximum Gasteiger partial charge on any atom is 0.306 e.